The van der Waals surface area contributed by atoms with Gasteiger partial charge in [-0.1, -0.05) is 6.07 Å². The smallest absolute Gasteiger partial charge is 0.142 e. The molecule has 92 valence electrons. The first-order chi connectivity index (χ1) is 8.34. The van der Waals surface area contributed by atoms with E-state index in [2.05, 4.69) is 35.5 Å². The minimum absolute atomic E-state index is 0.671. The van der Waals surface area contributed by atoms with Crippen LogP contribution in [0.1, 0.15) is 24.3 Å². The Balaban J connectivity index is 1.88. The van der Waals surface area contributed by atoms with Gasteiger partial charge in [-0.05, 0) is 43.0 Å². The first-order valence-corrected chi connectivity index (χ1v) is 6.53. The van der Waals surface area contributed by atoms with Gasteiger partial charge in [0.2, 0.25) is 0 Å². The molecule has 1 aromatic rings. The third-order valence-corrected chi connectivity index (χ3v) is 3.85. The molecule has 2 heterocycles. The third-order valence-electron chi connectivity index (χ3n) is 3.85. The van der Waals surface area contributed by atoms with E-state index in [0.717, 1.165) is 25.4 Å². The van der Waals surface area contributed by atoms with Gasteiger partial charge in [-0.25, -0.2) is 0 Å². The molecule has 0 bridgehead atoms. The Morgan fingerprint density at radius 1 is 1.41 bits per heavy atom. The molecule has 2 aliphatic rings. The lowest BCUT2D eigenvalue weighted by atomic mass is 9.91. The highest BCUT2D eigenvalue weighted by atomic mass is 16.5. The Kier molecular flexibility index (Phi) is 2.93. The molecule has 1 unspecified atom stereocenters. The van der Waals surface area contributed by atoms with Gasteiger partial charge in [0.1, 0.15) is 12.4 Å². The Labute approximate surface area is 103 Å². The fourth-order valence-corrected chi connectivity index (χ4v) is 2.76. The summed E-state index contributed by atoms with van der Waals surface area (Å²) < 4.78 is 5.68. The number of likely N-dealkylation sites (N-methyl/N-ethyl adjacent to an activating group) is 1. The average molecular weight is 232 g/mol. The Bertz CT molecular complexity index is 399. The largest absolute Gasteiger partial charge is 0.490 e. The molecule has 17 heavy (non-hydrogen) atoms. The van der Waals surface area contributed by atoms with Crippen LogP contribution in [0.25, 0.3) is 0 Å². The van der Waals surface area contributed by atoms with Crippen LogP contribution in [0, 0.1) is 0 Å². The summed E-state index contributed by atoms with van der Waals surface area (Å²) in [5.41, 5.74) is 2.70. The third kappa shape index (κ3) is 2.12. The molecule has 0 aromatic heterocycles. The molecule has 3 heteroatoms. The van der Waals surface area contributed by atoms with Crippen molar-refractivity contribution in [2.24, 2.45) is 0 Å². The fraction of sp³-hybridized carbons (Fsp3) is 0.571. The lowest BCUT2D eigenvalue weighted by Gasteiger charge is -2.30. The van der Waals surface area contributed by atoms with E-state index in [0.29, 0.717) is 5.92 Å². The van der Waals surface area contributed by atoms with Crippen LogP contribution < -0.4 is 15.0 Å². The lowest BCUT2D eigenvalue weighted by molar-refractivity contribution is 0.311. The monoisotopic (exact) mass is 232 g/mol. The molecule has 1 N–H and O–H groups in total. The molecule has 0 amide bonds. The van der Waals surface area contributed by atoms with Gasteiger partial charge in [0.05, 0.1) is 12.2 Å². The molecule has 0 aliphatic carbocycles. The summed E-state index contributed by atoms with van der Waals surface area (Å²) in [4.78, 5) is 2.29. The number of ether oxygens (including phenoxy) is 1. The van der Waals surface area contributed by atoms with E-state index >= 15 is 0 Å². The predicted molar refractivity (Wildman–Crippen MR) is 70.1 cm³/mol. The van der Waals surface area contributed by atoms with E-state index < -0.39 is 0 Å². The number of hydrogen-bond acceptors (Lipinski definition) is 3. The molecule has 0 radical (unpaired) electrons. The highest BCUT2D eigenvalue weighted by molar-refractivity contribution is 5.61. The van der Waals surface area contributed by atoms with Crippen LogP contribution >= 0.6 is 0 Å². The number of benzene rings is 1. The lowest BCUT2D eigenvalue weighted by Crippen LogP contribution is -2.30. The number of fused-ring (bicyclic) bond motifs is 1. The fourth-order valence-electron chi connectivity index (χ4n) is 2.76. The van der Waals surface area contributed by atoms with Crippen molar-refractivity contribution < 1.29 is 4.74 Å². The van der Waals surface area contributed by atoms with Gasteiger partial charge in [0.15, 0.2) is 0 Å². The summed E-state index contributed by atoms with van der Waals surface area (Å²) >= 11 is 0. The van der Waals surface area contributed by atoms with E-state index in [1.165, 1.54) is 30.6 Å². The standard InChI is InChI=1S/C14H20N2O/c1-16-7-8-17-14-5-4-11(9-13(14)16)12-3-2-6-15-10-12/h4-5,9,12,15H,2-3,6-8,10H2,1H3. The molecule has 0 saturated carbocycles. The second-order valence-corrected chi connectivity index (χ2v) is 5.04. The van der Waals surface area contributed by atoms with Gasteiger partial charge in [-0.15, -0.1) is 0 Å². The van der Waals surface area contributed by atoms with Gasteiger partial charge in [0, 0.05) is 13.6 Å². The van der Waals surface area contributed by atoms with Crippen molar-refractivity contribution in [1.82, 2.24) is 5.32 Å². The number of nitrogens with one attached hydrogen (secondary N) is 1. The van der Waals surface area contributed by atoms with Crippen molar-refractivity contribution in [2.45, 2.75) is 18.8 Å². The van der Waals surface area contributed by atoms with Crippen LogP contribution in [0.4, 0.5) is 5.69 Å². The molecule has 3 rings (SSSR count). The number of rotatable bonds is 1. The van der Waals surface area contributed by atoms with Crippen LogP contribution in [-0.4, -0.2) is 33.3 Å². The Hall–Kier alpha value is -1.22. The van der Waals surface area contributed by atoms with E-state index in [4.69, 9.17) is 4.74 Å². The number of piperidine rings is 1. The summed E-state index contributed by atoms with van der Waals surface area (Å²) in [5, 5.41) is 3.48. The van der Waals surface area contributed by atoms with E-state index in [1.807, 2.05) is 0 Å². The Morgan fingerprint density at radius 2 is 2.35 bits per heavy atom. The van der Waals surface area contributed by atoms with Crippen molar-refractivity contribution in [3.05, 3.63) is 23.8 Å². The van der Waals surface area contributed by atoms with Gasteiger partial charge < -0.3 is 15.0 Å². The van der Waals surface area contributed by atoms with Gasteiger partial charge in [0.25, 0.3) is 0 Å². The quantitative estimate of drug-likeness (QED) is 0.801. The zero-order chi connectivity index (χ0) is 11.7. The van der Waals surface area contributed by atoms with Crippen LogP contribution in [0.15, 0.2) is 18.2 Å². The maximum Gasteiger partial charge on any atom is 0.142 e. The molecule has 3 nitrogen and oxygen atoms in total. The maximum atomic E-state index is 5.68. The van der Waals surface area contributed by atoms with Gasteiger partial charge in [-0.3, -0.25) is 0 Å². The van der Waals surface area contributed by atoms with Gasteiger partial charge in [-0.2, -0.15) is 0 Å². The SMILES string of the molecule is CN1CCOc2ccc(C3CCCNC3)cc21. The van der Waals surface area contributed by atoms with Gasteiger partial charge >= 0.3 is 0 Å². The highest BCUT2D eigenvalue weighted by Crippen LogP contribution is 2.35. The summed E-state index contributed by atoms with van der Waals surface area (Å²) in [6.07, 6.45) is 2.59. The number of anilines is 1. The molecule has 1 fully saturated rings. The topological polar surface area (TPSA) is 24.5 Å². The zero-order valence-corrected chi connectivity index (χ0v) is 10.4. The summed E-state index contributed by atoms with van der Waals surface area (Å²) in [6, 6.07) is 6.68. The zero-order valence-electron chi connectivity index (χ0n) is 10.4. The minimum atomic E-state index is 0.671. The first kappa shape index (κ1) is 10.9. The molecular formula is C14H20N2O. The highest BCUT2D eigenvalue weighted by Gasteiger charge is 2.19. The maximum absolute atomic E-state index is 5.68. The summed E-state index contributed by atoms with van der Waals surface area (Å²) in [5.74, 6) is 1.70. The van der Waals surface area contributed by atoms with Crippen molar-refractivity contribution in [2.75, 3.05) is 38.2 Å². The second-order valence-electron chi connectivity index (χ2n) is 5.04. The van der Waals surface area contributed by atoms with Crippen molar-refractivity contribution in [3.8, 4) is 5.75 Å². The number of hydrogen-bond donors (Lipinski definition) is 1. The molecule has 1 atom stereocenters. The normalized spacial score (nSPS) is 24.1. The van der Waals surface area contributed by atoms with E-state index in [-0.39, 0.29) is 0 Å². The average Bonchev–Trinajstić information content (AvgIpc) is 2.40. The predicted octanol–water partition coefficient (Wildman–Crippen LogP) is 1.98. The molecule has 0 spiro atoms. The van der Waals surface area contributed by atoms with Crippen molar-refractivity contribution >= 4 is 5.69 Å². The van der Waals surface area contributed by atoms with Crippen LogP contribution in [0.5, 0.6) is 5.75 Å². The van der Waals surface area contributed by atoms with Crippen molar-refractivity contribution in [3.63, 3.8) is 0 Å². The summed E-state index contributed by atoms with van der Waals surface area (Å²) in [6.45, 7) is 4.07. The summed E-state index contributed by atoms with van der Waals surface area (Å²) in [7, 11) is 2.14. The molecule has 1 aromatic carbocycles. The van der Waals surface area contributed by atoms with Crippen LogP contribution in [0.3, 0.4) is 0 Å². The minimum Gasteiger partial charge on any atom is -0.490 e. The molecule has 1 saturated heterocycles. The molecular weight excluding hydrogens is 212 g/mol. The first-order valence-electron chi connectivity index (χ1n) is 6.53. The Morgan fingerprint density at radius 3 is 3.18 bits per heavy atom. The van der Waals surface area contributed by atoms with Crippen LogP contribution in [0.2, 0.25) is 0 Å². The number of nitrogens with zero attached hydrogens (tertiary/aromatic N) is 1. The van der Waals surface area contributed by atoms with E-state index in [9.17, 15) is 0 Å². The van der Waals surface area contributed by atoms with Crippen molar-refractivity contribution in [1.29, 1.82) is 0 Å². The molecule has 2 aliphatic heterocycles. The van der Waals surface area contributed by atoms with Crippen LogP contribution in [-0.2, 0) is 0 Å². The van der Waals surface area contributed by atoms with E-state index in [1.54, 1.807) is 0 Å². The second kappa shape index (κ2) is 4.57.